The number of halogens is 4. The Labute approximate surface area is 299 Å². The van der Waals surface area contributed by atoms with Gasteiger partial charge in [-0.2, -0.15) is 18.3 Å². The molecule has 1 aliphatic heterocycles. The van der Waals surface area contributed by atoms with E-state index in [-0.39, 0.29) is 64.8 Å². The smallest absolute Gasteiger partial charge is 0.410 e. The van der Waals surface area contributed by atoms with Gasteiger partial charge in [0.2, 0.25) is 5.88 Å². The second kappa shape index (κ2) is 14.3. The number of hydrogen-bond acceptors (Lipinski definition) is 9. The third kappa shape index (κ3) is 9.33. The Bertz CT molecular complexity index is 1850. The van der Waals surface area contributed by atoms with Crippen LogP contribution in [0.3, 0.4) is 0 Å². The van der Waals surface area contributed by atoms with E-state index in [1.54, 1.807) is 4.90 Å². The molecule has 5 rings (SSSR count). The molecule has 13 nitrogen and oxygen atoms in total. The zero-order valence-corrected chi connectivity index (χ0v) is 30.7. The maximum atomic E-state index is 13.1. The Balaban J connectivity index is 1.09. The molecule has 3 aromatic rings. The summed E-state index contributed by atoms with van der Waals surface area (Å²) >= 11 is 6.24. The van der Waals surface area contributed by atoms with Crippen LogP contribution in [0.2, 0.25) is 5.15 Å². The second-order valence-electron chi connectivity index (χ2n) is 14.8. The molecule has 1 aliphatic carbocycles. The summed E-state index contributed by atoms with van der Waals surface area (Å²) in [6.07, 6.45) is 2.70. The topological polar surface area (TPSA) is 151 Å². The van der Waals surface area contributed by atoms with E-state index >= 15 is 0 Å². The number of alkyl halides is 3. The van der Waals surface area contributed by atoms with Crippen LogP contribution in [-0.2, 0) is 21.3 Å². The van der Waals surface area contributed by atoms with Gasteiger partial charge in [0.15, 0.2) is 5.82 Å². The van der Waals surface area contributed by atoms with Gasteiger partial charge >= 0.3 is 12.3 Å². The van der Waals surface area contributed by atoms with Gasteiger partial charge in [0, 0.05) is 37.1 Å². The first-order valence-corrected chi connectivity index (χ1v) is 18.6. The third-order valence-corrected chi connectivity index (χ3v) is 10.7. The van der Waals surface area contributed by atoms with Crippen molar-refractivity contribution in [3.63, 3.8) is 0 Å². The van der Waals surface area contributed by atoms with Crippen LogP contribution in [0.15, 0.2) is 41.7 Å². The zero-order chi connectivity index (χ0) is 37.4. The number of nitrogens with one attached hydrogen (secondary N) is 1. The highest BCUT2D eigenvalue weighted by molar-refractivity contribution is 7.90. The standard InChI is InChI=1S/C33H43ClF3N7O6S/c1-30(2,3)50-29(46)43-20-22(18-31(43,4)5)8-6-7-15-42-21-23(19-38-42)51(47,48)41-28(45)24-9-10-25(39-27(24)34)44-16-11-26(40-44)49-17-14-32(12-13-32)33(35,36)37/h9-11,16,19,21-22H,6-8,12-15,17-18,20H2,1-5H3,(H,41,45). The van der Waals surface area contributed by atoms with Crippen molar-refractivity contribution >= 4 is 33.6 Å². The number of likely N-dealkylation sites (tertiary alicyclic amines) is 1. The monoisotopic (exact) mass is 757 g/mol. The number of aryl methyl sites for hydroxylation is 1. The van der Waals surface area contributed by atoms with Gasteiger partial charge in [-0.15, -0.1) is 5.10 Å². The normalized spacial score (nSPS) is 18.5. The number of rotatable bonds is 13. The first-order chi connectivity index (χ1) is 23.7. The first kappa shape index (κ1) is 38.4. The molecule has 1 saturated carbocycles. The maximum Gasteiger partial charge on any atom is 0.410 e. The number of hydrogen-bond donors (Lipinski definition) is 1. The number of carbonyl (C=O) groups is 2. The van der Waals surface area contributed by atoms with Crippen molar-refractivity contribution in [2.45, 2.75) is 108 Å². The van der Waals surface area contributed by atoms with E-state index in [0.29, 0.717) is 19.0 Å². The predicted molar refractivity (Wildman–Crippen MR) is 180 cm³/mol. The van der Waals surface area contributed by atoms with Gasteiger partial charge in [-0.25, -0.2) is 27.6 Å². The van der Waals surface area contributed by atoms with Crippen LogP contribution in [0.4, 0.5) is 18.0 Å². The van der Waals surface area contributed by atoms with Gasteiger partial charge in [0.25, 0.3) is 15.9 Å². The summed E-state index contributed by atoms with van der Waals surface area (Å²) in [5.74, 6) is -0.433. The molecule has 1 unspecified atom stereocenters. The summed E-state index contributed by atoms with van der Waals surface area (Å²) < 4.78 is 81.2. The van der Waals surface area contributed by atoms with Crippen LogP contribution in [-0.4, -0.2) is 80.3 Å². The molecule has 3 aromatic heterocycles. The van der Waals surface area contributed by atoms with Crippen molar-refractivity contribution in [2.24, 2.45) is 11.3 Å². The lowest BCUT2D eigenvalue weighted by Crippen LogP contribution is -2.45. The Morgan fingerprint density at radius 2 is 1.84 bits per heavy atom. The lowest BCUT2D eigenvalue weighted by atomic mass is 9.93. The fraction of sp³-hybridized carbons (Fsp3) is 0.606. The number of ether oxygens (including phenoxy) is 2. The van der Waals surface area contributed by atoms with Crippen LogP contribution >= 0.6 is 11.6 Å². The lowest BCUT2D eigenvalue weighted by Gasteiger charge is -2.33. The Morgan fingerprint density at radius 3 is 2.49 bits per heavy atom. The number of sulfonamides is 1. The molecular weight excluding hydrogens is 715 g/mol. The van der Waals surface area contributed by atoms with Crippen LogP contribution in [0.25, 0.3) is 5.82 Å². The number of pyridine rings is 1. The molecule has 1 atom stereocenters. The molecule has 18 heteroatoms. The highest BCUT2D eigenvalue weighted by Gasteiger charge is 2.62. The van der Waals surface area contributed by atoms with E-state index < -0.39 is 33.1 Å². The number of nitrogens with zero attached hydrogens (tertiary/aromatic N) is 6. The Morgan fingerprint density at radius 1 is 1.12 bits per heavy atom. The minimum atomic E-state index is -4.29. The van der Waals surface area contributed by atoms with E-state index in [1.807, 2.05) is 39.3 Å². The van der Waals surface area contributed by atoms with Crippen molar-refractivity contribution in [3.05, 3.63) is 47.5 Å². The molecular formula is C33H43ClF3N7O6S. The number of aromatic nitrogens is 5. The average Bonchev–Trinajstić information content (AvgIpc) is 3.31. The molecule has 2 aliphatic rings. The quantitative estimate of drug-likeness (QED) is 0.151. The predicted octanol–water partition coefficient (Wildman–Crippen LogP) is 6.55. The molecule has 0 radical (unpaired) electrons. The van der Waals surface area contributed by atoms with Crippen molar-refractivity contribution in [3.8, 4) is 11.7 Å². The summed E-state index contributed by atoms with van der Waals surface area (Å²) in [6, 6.07) is 4.11. The Hall–Kier alpha value is -3.86. The van der Waals surface area contributed by atoms with Gasteiger partial charge < -0.3 is 14.4 Å². The van der Waals surface area contributed by atoms with E-state index in [0.717, 1.165) is 31.9 Å². The number of amides is 2. The van der Waals surface area contributed by atoms with Gasteiger partial charge in [-0.1, -0.05) is 18.0 Å². The van der Waals surface area contributed by atoms with Crippen LogP contribution in [0.5, 0.6) is 5.88 Å². The summed E-state index contributed by atoms with van der Waals surface area (Å²) in [7, 11) is -4.29. The summed E-state index contributed by atoms with van der Waals surface area (Å²) in [5.41, 5.74) is -2.77. The highest BCUT2D eigenvalue weighted by atomic mass is 35.5. The van der Waals surface area contributed by atoms with Gasteiger partial charge in [-0.3, -0.25) is 9.48 Å². The molecule has 51 heavy (non-hydrogen) atoms. The summed E-state index contributed by atoms with van der Waals surface area (Å²) in [5, 5.41) is 7.98. The van der Waals surface area contributed by atoms with Gasteiger partial charge in [0.1, 0.15) is 15.6 Å². The van der Waals surface area contributed by atoms with E-state index in [9.17, 15) is 31.2 Å². The van der Waals surface area contributed by atoms with Crippen molar-refractivity contribution in [1.29, 1.82) is 0 Å². The first-order valence-electron chi connectivity index (χ1n) is 16.7. The third-order valence-electron chi connectivity index (χ3n) is 9.13. The lowest BCUT2D eigenvalue weighted by molar-refractivity contribution is -0.190. The largest absolute Gasteiger partial charge is 0.477 e. The van der Waals surface area contributed by atoms with Crippen molar-refractivity contribution in [1.82, 2.24) is 34.2 Å². The van der Waals surface area contributed by atoms with Crippen LogP contribution in [0, 0.1) is 11.3 Å². The van der Waals surface area contributed by atoms with Gasteiger partial charge in [0.05, 0.1) is 23.8 Å². The summed E-state index contributed by atoms with van der Waals surface area (Å²) in [6.45, 7) is 10.5. The highest BCUT2D eigenvalue weighted by Crippen LogP contribution is 2.59. The molecule has 1 N–H and O–H groups in total. The second-order valence-corrected chi connectivity index (χ2v) is 16.9. The van der Waals surface area contributed by atoms with E-state index in [1.165, 1.54) is 40.0 Å². The molecule has 4 heterocycles. The maximum absolute atomic E-state index is 13.1. The van der Waals surface area contributed by atoms with E-state index in [2.05, 4.69) is 15.2 Å². The summed E-state index contributed by atoms with van der Waals surface area (Å²) in [4.78, 5) is 31.3. The van der Waals surface area contributed by atoms with Crippen molar-refractivity contribution in [2.75, 3.05) is 13.2 Å². The fourth-order valence-corrected chi connectivity index (χ4v) is 7.33. The molecule has 280 valence electrons. The molecule has 0 aromatic carbocycles. The molecule has 0 spiro atoms. The fourth-order valence-electron chi connectivity index (χ4n) is 6.18. The van der Waals surface area contributed by atoms with E-state index in [4.69, 9.17) is 21.1 Å². The minimum absolute atomic E-state index is 0.0852. The molecule has 2 fully saturated rings. The van der Waals surface area contributed by atoms with Gasteiger partial charge in [-0.05, 0) is 91.2 Å². The van der Waals surface area contributed by atoms with Crippen LogP contribution in [0.1, 0.15) is 89.9 Å². The molecule has 1 saturated heterocycles. The van der Waals surface area contributed by atoms with Crippen molar-refractivity contribution < 1.29 is 40.7 Å². The zero-order valence-electron chi connectivity index (χ0n) is 29.2. The Kier molecular flexibility index (Phi) is 10.7. The molecule has 0 bridgehead atoms. The SMILES string of the molecule is CC(C)(C)OC(=O)N1CC(CCCCn2cc(S(=O)(=O)NC(=O)c3ccc(-n4ccc(OCCC5(C(F)(F)F)CC5)n4)nc3Cl)cn2)CC1(C)C. The minimum Gasteiger partial charge on any atom is -0.477 e. The molecule has 2 amide bonds. The average molecular weight is 758 g/mol. The number of carbonyl (C=O) groups excluding carboxylic acids is 2. The van der Waals surface area contributed by atoms with Crippen LogP contribution < -0.4 is 9.46 Å². The number of unbranched alkanes of at least 4 members (excludes halogenated alkanes) is 1.